The van der Waals surface area contributed by atoms with Crippen molar-refractivity contribution < 1.29 is 14.6 Å². The van der Waals surface area contributed by atoms with Gasteiger partial charge in [-0.25, -0.2) is 4.79 Å². The van der Waals surface area contributed by atoms with E-state index in [-0.39, 0.29) is 5.75 Å². The van der Waals surface area contributed by atoms with Crippen molar-refractivity contribution >= 4 is 12.0 Å². The maximum atomic E-state index is 10.9. The van der Waals surface area contributed by atoms with Gasteiger partial charge in [0.05, 0.1) is 7.11 Å². The molecule has 3 nitrogen and oxygen atoms in total. The van der Waals surface area contributed by atoms with E-state index in [0.717, 1.165) is 0 Å². The third kappa shape index (κ3) is 2.99. The Kier molecular flexibility index (Phi) is 3.09. The van der Waals surface area contributed by atoms with Gasteiger partial charge >= 0.3 is 5.97 Å². The van der Waals surface area contributed by atoms with Crippen molar-refractivity contribution in [2.75, 3.05) is 7.11 Å². The van der Waals surface area contributed by atoms with E-state index < -0.39 is 5.97 Å². The third-order valence-electron chi connectivity index (χ3n) is 1.47. The highest BCUT2D eigenvalue weighted by atomic mass is 16.5. The smallest absolute Gasteiger partial charge is 0.330 e. The molecule has 0 aliphatic rings. The molecule has 0 aliphatic carbocycles. The minimum absolute atomic E-state index is 0.0768. The second kappa shape index (κ2) is 4.30. The van der Waals surface area contributed by atoms with Gasteiger partial charge in [0.25, 0.3) is 0 Å². The highest BCUT2D eigenvalue weighted by Gasteiger charge is 1.90. The van der Waals surface area contributed by atoms with Gasteiger partial charge in [0.15, 0.2) is 0 Å². The molecule has 68 valence electrons. The molecule has 0 fully saturated rings. The topological polar surface area (TPSA) is 49.4 Å². The lowest BCUT2D eigenvalue weighted by Gasteiger charge is -2.03. The minimum atomic E-state index is -0.434. The summed E-state index contributed by atoms with van der Waals surface area (Å²) >= 11 is 0. The van der Waals surface area contributed by atoms with Crippen LogP contribution in [0.3, 0.4) is 0 Å². The Hall–Kier alpha value is -1.77. The van der Waals surface area contributed by atoms with Crippen LogP contribution in [0.1, 0.15) is 5.56 Å². The SMILES string of the molecule is COC(=O)/C=C/c1cccc([O-])c1. The lowest BCUT2D eigenvalue weighted by atomic mass is 10.2. The second-order valence-electron chi connectivity index (χ2n) is 2.43. The Morgan fingerprint density at radius 2 is 2.31 bits per heavy atom. The predicted octanol–water partition coefficient (Wildman–Crippen LogP) is 0.946. The summed E-state index contributed by atoms with van der Waals surface area (Å²) in [4.78, 5) is 10.7. The average Bonchev–Trinajstić information content (AvgIpc) is 2.14. The highest BCUT2D eigenvalue weighted by molar-refractivity contribution is 5.86. The molecule has 3 heteroatoms. The van der Waals surface area contributed by atoms with Crippen LogP contribution in [0.25, 0.3) is 6.08 Å². The zero-order valence-electron chi connectivity index (χ0n) is 7.19. The van der Waals surface area contributed by atoms with Gasteiger partial charge < -0.3 is 9.84 Å². The lowest BCUT2D eigenvalue weighted by Crippen LogP contribution is -1.93. The van der Waals surface area contributed by atoms with Crippen molar-refractivity contribution in [2.24, 2.45) is 0 Å². The molecule has 1 aromatic carbocycles. The minimum Gasteiger partial charge on any atom is -0.872 e. The van der Waals surface area contributed by atoms with E-state index in [0.29, 0.717) is 5.56 Å². The standard InChI is InChI=1S/C10H10O3/c1-13-10(12)6-5-8-3-2-4-9(11)7-8/h2-7,11H,1H3/p-1/b6-5+. The lowest BCUT2D eigenvalue weighted by molar-refractivity contribution is -0.268. The van der Waals surface area contributed by atoms with Crippen molar-refractivity contribution in [1.29, 1.82) is 0 Å². The summed E-state index contributed by atoms with van der Waals surface area (Å²) in [6, 6.07) is 6.27. The Balaban J connectivity index is 2.74. The fraction of sp³-hybridized carbons (Fsp3) is 0.100. The monoisotopic (exact) mass is 177 g/mol. The molecule has 0 bridgehead atoms. The first-order valence-electron chi connectivity index (χ1n) is 3.75. The molecule has 1 rings (SSSR count). The molecule has 0 unspecified atom stereocenters. The zero-order valence-corrected chi connectivity index (χ0v) is 7.19. The first-order chi connectivity index (χ1) is 6.22. The van der Waals surface area contributed by atoms with Crippen LogP contribution in [-0.4, -0.2) is 13.1 Å². The van der Waals surface area contributed by atoms with Gasteiger partial charge in [-0.3, -0.25) is 0 Å². The molecule has 0 saturated carbocycles. The summed E-state index contributed by atoms with van der Waals surface area (Å²) in [5.41, 5.74) is 0.693. The summed E-state index contributed by atoms with van der Waals surface area (Å²) in [7, 11) is 1.30. The summed E-state index contributed by atoms with van der Waals surface area (Å²) < 4.78 is 4.40. The van der Waals surface area contributed by atoms with E-state index in [9.17, 15) is 9.90 Å². The first kappa shape index (κ1) is 9.32. The molecule has 0 N–H and O–H groups in total. The summed E-state index contributed by atoms with van der Waals surface area (Å²) in [6.07, 6.45) is 2.81. The highest BCUT2D eigenvalue weighted by Crippen LogP contribution is 2.09. The van der Waals surface area contributed by atoms with E-state index in [1.54, 1.807) is 12.1 Å². The number of hydrogen-bond donors (Lipinski definition) is 0. The van der Waals surface area contributed by atoms with Crippen LogP contribution in [0.15, 0.2) is 30.3 Å². The summed E-state index contributed by atoms with van der Waals surface area (Å²) in [5.74, 6) is -0.511. The van der Waals surface area contributed by atoms with Crippen LogP contribution in [0.5, 0.6) is 5.75 Å². The summed E-state index contributed by atoms with van der Waals surface area (Å²) in [5, 5.41) is 10.9. The molecule has 0 radical (unpaired) electrons. The summed E-state index contributed by atoms with van der Waals surface area (Å²) in [6.45, 7) is 0. The number of benzene rings is 1. The van der Waals surface area contributed by atoms with Crippen LogP contribution < -0.4 is 5.11 Å². The van der Waals surface area contributed by atoms with Crippen LogP contribution in [0, 0.1) is 0 Å². The molecule has 0 heterocycles. The van der Waals surface area contributed by atoms with Gasteiger partial charge in [-0.1, -0.05) is 24.3 Å². The van der Waals surface area contributed by atoms with Crippen molar-refractivity contribution in [1.82, 2.24) is 0 Å². The molecule has 0 spiro atoms. The van der Waals surface area contributed by atoms with Crippen LogP contribution in [0.4, 0.5) is 0 Å². The van der Waals surface area contributed by atoms with Gasteiger partial charge in [-0.15, -0.1) is 5.75 Å². The molecular formula is C10H9O3-. The number of methoxy groups -OCH3 is 1. The van der Waals surface area contributed by atoms with Crippen molar-refractivity contribution in [3.05, 3.63) is 35.9 Å². The largest absolute Gasteiger partial charge is 0.872 e. The van der Waals surface area contributed by atoms with E-state index in [1.807, 2.05) is 0 Å². The molecular weight excluding hydrogens is 168 g/mol. The van der Waals surface area contributed by atoms with Gasteiger partial charge in [-0.2, -0.15) is 0 Å². The normalized spacial score (nSPS) is 10.2. The number of hydrogen-bond acceptors (Lipinski definition) is 3. The molecule has 0 aliphatic heterocycles. The van der Waals surface area contributed by atoms with Crippen molar-refractivity contribution in [3.63, 3.8) is 0 Å². The predicted molar refractivity (Wildman–Crippen MR) is 46.9 cm³/mol. The molecule has 0 atom stereocenters. The van der Waals surface area contributed by atoms with Crippen LogP contribution in [0.2, 0.25) is 0 Å². The van der Waals surface area contributed by atoms with E-state index in [4.69, 9.17) is 0 Å². The maximum Gasteiger partial charge on any atom is 0.330 e. The van der Waals surface area contributed by atoms with Crippen molar-refractivity contribution in [2.45, 2.75) is 0 Å². The Morgan fingerprint density at radius 1 is 1.54 bits per heavy atom. The Bertz CT molecular complexity index is 329. The first-order valence-corrected chi connectivity index (χ1v) is 3.75. The molecule has 0 amide bonds. The second-order valence-corrected chi connectivity index (χ2v) is 2.43. The fourth-order valence-electron chi connectivity index (χ4n) is 0.851. The Labute approximate surface area is 76.3 Å². The van der Waals surface area contributed by atoms with Gasteiger partial charge in [0.2, 0.25) is 0 Å². The Morgan fingerprint density at radius 3 is 2.92 bits per heavy atom. The van der Waals surface area contributed by atoms with Gasteiger partial charge in [-0.05, 0) is 11.6 Å². The average molecular weight is 177 g/mol. The number of rotatable bonds is 2. The number of carbonyl (C=O) groups is 1. The van der Waals surface area contributed by atoms with Crippen LogP contribution >= 0.6 is 0 Å². The van der Waals surface area contributed by atoms with E-state index in [2.05, 4.69) is 4.74 Å². The fourth-order valence-corrected chi connectivity index (χ4v) is 0.851. The number of carbonyl (C=O) groups excluding carboxylic acids is 1. The van der Waals surface area contributed by atoms with Gasteiger partial charge in [0.1, 0.15) is 0 Å². The molecule has 1 aromatic rings. The zero-order chi connectivity index (χ0) is 9.68. The van der Waals surface area contributed by atoms with E-state index >= 15 is 0 Å². The molecule has 13 heavy (non-hydrogen) atoms. The van der Waals surface area contributed by atoms with Gasteiger partial charge in [0, 0.05) is 6.08 Å². The maximum absolute atomic E-state index is 10.9. The molecule has 0 aromatic heterocycles. The van der Waals surface area contributed by atoms with Crippen LogP contribution in [-0.2, 0) is 9.53 Å². The third-order valence-corrected chi connectivity index (χ3v) is 1.47. The quantitative estimate of drug-likeness (QED) is 0.499. The molecule has 0 saturated heterocycles. The number of esters is 1. The van der Waals surface area contributed by atoms with E-state index in [1.165, 1.54) is 31.4 Å². The number of ether oxygens (including phenoxy) is 1. The van der Waals surface area contributed by atoms with Crippen molar-refractivity contribution in [3.8, 4) is 5.75 Å².